The highest BCUT2D eigenvalue weighted by molar-refractivity contribution is 6.01. The van der Waals surface area contributed by atoms with Gasteiger partial charge in [-0.25, -0.2) is 0 Å². The molecule has 0 radical (unpaired) electrons. The first-order valence-corrected chi connectivity index (χ1v) is 5.95. The van der Waals surface area contributed by atoms with Crippen LogP contribution in [0.25, 0.3) is 0 Å². The number of aromatic hydroxyl groups is 1. The van der Waals surface area contributed by atoms with Gasteiger partial charge in [0.1, 0.15) is 11.8 Å². The molecule has 1 aromatic rings. The summed E-state index contributed by atoms with van der Waals surface area (Å²) in [5, 5.41) is 13.9. The van der Waals surface area contributed by atoms with Crippen molar-refractivity contribution in [2.24, 2.45) is 0 Å². The number of amides is 3. The molecular formula is C13H14N2O4. The summed E-state index contributed by atoms with van der Waals surface area (Å²) in [5.74, 6) is -0.932. The number of rotatable bonds is 3. The average molecular weight is 262 g/mol. The topological polar surface area (TPSA) is 95.5 Å². The Labute approximate surface area is 109 Å². The lowest BCUT2D eigenvalue weighted by molar-refractivity contribution is -0.137. The summed E-state index contributed by atoms with van der Waals surface area (Å²) in [5.41, 5.74) is 0.739. The Bertz CT molecular complexity index is 510. The van der Waals surface area contributed by atoms with E-state index in [1.54, 1.807) is 12.1 Å². The molecule has 3 amide bonds. The standard InChI is InChI=1S/C13H14N2O4/c16-9-3-1-8(2-4-9)7-12(18)14-10-5-6-11(17)15-13(10)19/h1-4,10,16H,5-7H2,(H,14,18)(H,15,17,19)/t10-/m0/s1. The summed E-state index contributed by atoms with van der Waals surface area (Å²) in [6.07, 6.45) is 0.680. The van der Waals surface area contributed by atoms with Crippen molar-refractivity contribution in [2.45, 2.75) is 25.3 Å². The van der Waals surface area contributed by atoms with Gasteiger partial charge in [0, 0.05) is 6.42 Å². The number of phenols is 1. The second-order valence-electron chi connectivity index (χ2n) is 4.41. The normalized spacial score (nSPS) is 18.8. The Morgan fingerprint density at radius 1 is 1.32 bits per heavy atom. The summed E-state index contributed by atoms with van der Waals surface area (Å²) in [6.45, 7) is 0. The zero-order valence-corrected chi connectivity index (χ0v) is 10.2. The lowest BCUT2D eigenvalue weighted by Crippen LogP contribution is -2.52. The first kappa shape index (κ1) is 13.1. The van der Waals surface area contributed by atoms with Crippen LogP contribution in [0.1, 0.15) is 18.4 Å². The van der Waals surface area contributed by atoms with Crippen LogP contribution in [0, 0.1) is 0 Å². The maximum Gasteiger partial charge on any atom is 0.249 e. The molecular weight excluding hydrogens is 248 g/mol. The van der Waals surface area contributed by atoms with E-state index in [2.05, 4.69) is 10.6 Å². The van der Waals surface area contributed by atoms with Gasteiger partial charge in [0.15, 0.2) is 0 Å². The molecule has 1 atom stereocenters. The first-order chi connectivity index (χ1) is 9.04. The van der Waals surface area contributed by atoms with Gasteiger partial charge in [0.2, 0.25) is 17.7 Å². The van der Waals surface area contributed by atoms with E-state index in [1.807, 2.05) is 0 Å². The van der Waals surface area contributed by atoms with E-state index < -0.39 is 11.9 Å². The Morgan fingerprint density at radius 2 is 2.00 bits per heavy atom. The zero-order chi connectivity index (χ0) is 13.8. The van der Waals surface area contributed by atoms with Crippen LogP contribution in [0.2, 0.25) is 0 Å². The first-order valence-electron chi connectivity index (χ1n) is 5.95. The van der Waals surface area contributed by atoms with E-state index in [4.69, 9.17) is 5.11 Å². The number of imide groups is 1. The van der Waals surface area contributed by atoms with Gasteiger partial charge < -0.3 is 10.4 Å². The largest absolute Gasteiger partial charge is 0.508 e. The number of phenolic OH excluding ortho intramolecular Hbond substituents is 1. The second kappa shape index (κ2) is 5.51. The Kier molecular flexibility index (Phi) is 3.79. The van der Waals surface area contributed by atoms with E-state index in [0.717, 1.165) is 5.56 Å². The molecule has 1 saturated heterocycles. The van der Waals surface area contributed by atoms with Crippen molar-refractivity contribution < 1.29 is 19.5 Å². The van der Waals surface area contributed by atoms with Gasteiger partial charge in [-0.3, -0.25) is 19.7 Å². The zero-order valence-electron chi connectivity index (χ0n) is 10.2. The summed E-state index contributed by atoms with van der Waals surface area (Å²) >= 11 is 0. The van der Waals surface area contributed by atoms with E-state index in [-0.39, 0.29) is 30.4 Å². The minimum absolute atomic E-state index is 0.123. The lowest BCUT2D eigenvalue weighted by atomic mass is 10.1. The molecule has 2 rings (SSSR count). The highest BCUT2D eigenvalue weighted by atomic mass is 16.3. The van der Waals surface area contributed by atoms with E-state index in [1.165, 1.54) is 12.1 Å². The summed E-state index contributed by atoms with van der Waals surface area (Å²) in [7, 11) is 0. The molecule has 3 N–H and O–H groups in total. The fraction of sp³-hybridized carbons (Fsp3) is 0.308. The number of piperidine rings is 1. The monoisotopic (exact) mass is 262 g/mol. The molecule has 1 heterocycles. The molecule has 100 valence electrons. The van der Waals surface area contributed by atoms with E-state index in [0.29, 0.717) is 6.42 Å². The molecule has 0 bridgehead atoms. The maximum absolute atomic E-state index is 11.8. The van der Waals surface area contributed by atoms with Crippen LogP contribution < -0.4 is 10.6 Å². The van der Waals surface area contributed by atoms with E-state index >= 15 is 0 Å². The smallest absolute Gasteiger partial charge is 0.249 e. The van der Waals surface area contributed by atoms with Gasteiger partial charge >= 0.3 is 0 Å². The lowest BCUT2D eigenvalue weighted by Gasteiger charge is -2.21. The van der Waals surface area contributed by atoms with Crippen LogP contribution in [0.5, 0.6) is 5.75 Å². The summed E-state index contributed by atoms with van der Waals surface area (Å²) < 4.78 is 0. The van der Waals surface area contributed by atoms with Gasteiger partial charge in [0.25, 0.3) is 0 Å². The predicted molar refractivity (Wildman–Crippen MR) is 66.1 cm³/mol. The number of carbonyl (C=O) groups is 3. The minimum atomic E-state index is -0.651. The predicted octanol–water partition coefficient (Wildman–Crippen LogP) is -0.144. The number of hydrogen-bond donors (Lipinski definition) is 3. The van der Waals surface area contributed by atoms with Crippen molar-refractivity contribution in [3.05, 3.63) is 29.8 Å². The second-order valence-corrected chi connectivity index (χ2v) is 4.41. The molecule has 0 spiro atoms. The molecule has 6 nitrogen and oxygen atoms in total. The maximum atomic E-state index is 11.8. The molecule has 19 heavy (non-hydrogen) atoms. The molecule has 0 aromatic heterocycles. The van der Waals surface area contributed by atoms with Crippen molar-refractivity contribution in [3.63, 3.8) is 0 Å². The van der Waals surface area contributed by atoms with Crippen molar-refractivity contribution >= 4 is 17.7 Å². The number of benzene rings is 1. The van der Waals surface area contributed by atoms with Crippen LogP contribution >= 0.6 is 0 Å². The Morgan fingerprint density at radius 3 is 2.63 bits per heavy atom. The van der Waals surface area contributed by atoms with Gasteiger partial charge in [-0.15, -0.1) is 0 Å². The average Bonchev–Trinajstić information content (AvgIpc) is 2.36. The van der Waals surface area contributed by atoms with E-state index in [9.17, 15) is 14.4 Å². The van der Waals surface area contributed by atoms with Crippen molar-refractivity contribution in [1.29, 1.82) is 0 Å². The van der Waals surface area contributed by atoms with Gasteiger partial charge in [0.05, 0.1) is 6.42 Å². The quantitative estimate of drug-likeness (QED) is 0.660. The number of hydrogen-bond acceptors (Lipinski definition) is 4. The van der Waals surface area contributed by atoms with Crippen LogP contribution in [0.3, 0.4) is 0 Å². The molecule has 1 aromatic carbocycles. The third-order valence-electron chi connectivity index (χ3n) is 2.88. The van der Waals surface area contributed by atoms with Crippen LogP contribution in [0.4, 0.5) is 0 Å². The van der Waals surface area contributed by atoms with Crippen LogP contribution in [-0.4, -0.2) is 28.9 Å². The Balaban J connectivity index is 1.89. The van der Waals surface area contributed by atoms with Crippen LogP contribution in [-0.2, 0) is 20.8 Å². The van der Waals surface area contributed by atoms with Gasteiger partial charge in [-0.2, -0.15) is 0 Å². The van der Waals surface area contributed by atoms with Crippen molar-refractivity contribution in [1.82, 2.24) is 10.6 Å². The minimum Gasteiger partial charge on any atom is -0.508 e. The van der Waals surface area contributed by atoms with Crippen molar-refractivity contribution in [3.8, 4) is 5.75 Å². The molecule has 0 aliphatic carbocycles. The molecule has 6 heteroatoms. The third-order valence-corrected chi connectivity index (χ3v) is 2.88. The summed E-state index contributed by atoms with van der Waals surface area (Å²) in [6, 6.07) is 5.62. The molecule has 1 aliphatic rings. The summed E-state index contributed by atoms with van der Waals surface area (Å²) in [4.78, 5) is 34.2. The van der Waals surface area contributed by atoms with Crippen molar-refractivity contribution in [2.75, 3.05) is 0 Å². The van der Waals surface area contributed by atoms with Crippen LogP contribution in [0.15, 0.2) is 24.3 Å². The highest BCUT2D eigenvalue weighted by Crippen LogP contribution is 2.10. The molecule has 0 unspecified atom stereocenters. The number of carbonyl (C=O) groups excluding carboxylic acids is 3. The Hall–Kier alpha value is -2.37. The SMILES string of the molecule is O=C1CC[C@H](NC(=O)Cc2ccc(O)cc2)C(=O)N1. The third kappa shape index (κ3) is 3.54. The molecule has 1 fully saturated rings. The molecule has 1 aliphatic heterocycles. The van der Waals surface area contributed by atoms with Gasteiger partial charge in [-0.05, 0) is 24.1 Å². The fourth-order valence-corrected chi connectivity index (χ4v) is 1.88. The fourth-order valence-electron chi connectivity index (χ4n) is 1.88. The van der Waals surface area contributed by atoms with Gasteiger partial charge in [-0.1, -0.05) is 12.1 Å². The molecule has 0 saturated carbocycles. The highest BCUT2D eigenvalue weighted by Gasteiger charge is 2.27. The number of nitrogens with one attached hydrogen (secondary N) is 2.